The molecule has 162 valence electrons. The Bertz CT molecular complexity index is 772. The summed E-state index contributed by atoms with van der Waals surface area (Å²) in [6.45, 7) is 8.82. The molecular weight excluding hydrogens is 477 g/mol. The third kappa shape index (κ3) is 7.87. The van der Waals surface area contributed by atoms with E-state index in [2.05, 4.69) is 72.5 Å². The third-order valence-electron chi connectivity index (χ3n) is 4.53. The van der Waals surface area contributed by atoms with Gasteiger partial charge < -0.3 is 15.0 Å². The van der Waals surface area contributed by atoms with E-state index in [-0.39, 0.29) is 24.0 Å². The lowest BCUT2D eigenvalue weighted by Crippen LogP contribution is -2.39. The predicted octanol–water partition coefficient (Wildman–Crippen LogP) is 4.20. The molecule has 7 heteroatoms. The molecule has 0 aliphatic carbocycles. The van der Waals surface area contributed by atoms with Gasteiger partial charge in [-0.1, -0.05) is 32.9 Å². The minimum Gasteiger partial charge on any atom is -0.494 e. The van der Waals surface area contributed by atoms with Crippen LogP contribution in [0.4, 0.5) is 0 Å². The van der Waals surface area contributed by atoms with Crippen LogP contribution in [0.2, 0.25) is 0 Å². The highest BCUT2D eigenvalue weighted by molar-refractivity contribution is 14.0. The van der Waals surface area contributed by atoms with Crippen LogP contribution in [0.3, 0.4) is 0 Å². The normalized spacial score (nSPS) is 11.3. The maximum atomic E-state index is 5.72. The molecule has 0 unspecified atom stereocenters. The summed E-state index contributed by atoms with van der Waals surface area (Å²) in [6, 6.07) is 8.32. The van der Waals surface area contributed by atoms with Crippen molar-refractivity contribution in [3.8, 4) is 5.75 Å². The van der Waals surface area contributed by atoms with E-state index >= 15 is 0 Å². The van der Waals surface area contributed by atoms with Crippen molar-refractivity contribution in [2.75, 3.05) is 27.2 Å². The van der Waals surface area contributed by atoms with E-state index in [1.807, 2.05) is 24.8 Å². The van der Waals surface area contributed by atoms with Gasteiger partial charge in [0.15, 0.2) is 5.96 Å². The van der Waals surface area contributed by atoms with Crippen molar-refractivity contribution < 1.29 is 4.74 Å². The van der Waals surface area contributed by atoms with Gasteiger partial charge in [-0.3, -0.25) is 9.67 Å². The highest BCUT2D eigenvalue weighted by Gasteiger charge is 2.15. The van der Waals surface area contributed by atoms with Gasteiger partial charge in [0.05, 0.1) is 12.3 Å². The fraction of sp³-hybridized carbons (Fsp3) is 0.545. The average Bonchev–Trinajstić information content (AvgIpc) is 3.04. The van der Waals surface area contributed by atoms with Gasteiger partial charge in [-0.2, -0.15) is 5.10 Å². The molecule has 1 heterocycles. The molecule has 0 radical (unpaired) electrons. The monoisotopic (exact) mass is 513 g/mol. The quantitative estimate of drug-likeness (QED) is 0.310. The maximum Gasteiger partial charge on any atom is 0.193 e. The Hall–Kier alpha value is -1.77. The number of hydrogen-bond acceptors (Lipinski definition) is 3. The largest absolute Gasteiger partial charge is 0.494 e. The fourth-order valence-corrected chi connectivity index (χ4v) is 3.21. The van der Waals surface area contributed by atoms with E-state index < -0.39 is 0 Å². The summed E-state index contributed by atoms with van der Waals surface area (Å²) < 4.78 is 7.61. The number of halogens is 1. The number of ether oxygens (including phenoxy) is 1. The number of aryl methyl sites for hydroxylation is 1. The minimum absolute atomic E-state index is 0. The van der Waals surface area contributed by atoms with Gasteiger partial charge in [0, 0.05) is 46.0 Å². The number of nitrogens with one attached hydrogen (secondary N) is 1. The van der Waals surface area contributed by atoms with Crippen LogP contribution >= 0.6 is 24.0 Å². The molecule has 1 aromatic carbocycles. The summed E-state index contributed by atoms with van der Waals surface area (Å²) in [6.07, 6.45) is 4.03. The first-order valence-corrected chi connectivity index (χ1v) is 10.1. The Morgan fingerprint density at radius 3 is 2.76 bits per heavy atom. The van der Waals surface area contributed by atoms with Crippen molar-refractivity contribution >= 4 is 29.9 Å². The van der Waals surface area contributed by atoms with Gasteiger partial charge in [-0.25, -0.2) is 0 Å². The van der Waals surface area contributed by atoms with E-state index in [0.717, 1.165) is 49.9 Å². The molecule has 0 fully saturated rings. The first-order chi connectivity index (χ1) is 13.4. The van der Waals surface area contributed by atoms with E-state index in [9.17, 15) is 0 Å². The van der Waals surface area contributed by atoms with Crippen molar-refractivity contribution in [2.24, 2.45) is 12.0 Å². The van der Waals surface area contributed by atoms with Crippen LogP contribution in [0.5, 0.6) is 5.75 Å². The molecule has 0 aliphatic heterocycles. The minimum atomic E-state index is 0. The predicted molar refractivity (Wildman–Crippen MR) is 131 cm³/mol. The molecular formula is C22H36IN5O. The van der Waals surface area contributed by atoms with Gasteiger partial charge in [0.1, 0.15) is 5.75 Å². The number of aromatic nitrogens is 2. The molecule has 1 N–H and O–H groups in total. The van der Waals surface area contributed by atoms with Crippen LogP contribution < -0.4 is 10.1 Å². The lowest BCUT2D eigenvalue weighted by atomic mass is 10.1. The molecule has 0 spiro atoms. The summed E-state index contributed by atoms with van der Waals surface area (Å²) in [5.41, 5.74) is 3.64. The molecule has 0 amide bonds. The van der Waals surface area contributed by atoms with E-state index in [0.29, 0.717) is 5.92 Å². The zero-order valence-electron chi connectivity index (χ0n) is 18.6. The van der Waals surface area contributed by atoms with Crippen molar-refractivity contribution in [3.63, 3.8) is 0 Å². The summed E-state index contributed by atoms with van der Waals surface area (Å²) in [4.78, 5) is 6.58. The van der Waals surface area contributed by atoms with Crippen molar-refractivity contribution in [1.29, 1.82) is 0 Å². The fourth-order valence-electron chi connectivity index (χ4n) is 3.21. The highest BCUT2D eigenvalue weighted by Crippen LogP contribution is 2.18. The number of rotatable bonds is 9. The van der Waals surface area contributed by atoms with Gasteiger partial charge in [0.25, 0.3) is 0 Å². The topological polar surface area (TPSA) is 54.7 Å². The lowest BCUT2D eigenvalue weighted by molar-refractivity contribution is 0.317. The molecule has 0 atom stereocenters. The number of nitrogens with zero attached hydrogens (tertiary/aromatic N) is 4. The third-order valence-corrected chi connectivity index (χ3v) is 4.53. The van der Waals surface area contributed by atoms with Crippen LogP contribution in [-0.2, 0) is 20.0 Å². The molecule has 0 aliphatic rings. The zero-order chi connectivity index (χ0) is 20.5. The van der Waals surface area contributed by atoms with Gasteiger partial charge in [0.2, 0.25) is 0 Å². The summed E-state index contributed by atoms with van der Waals surface area (Å²) in [7, 11) is 5.86. The maximum absolute atomic E-state index is 5.72. The summed E-state index contributed by atoms with van der Waals surface area (Å²) >= 11 is 0. The van der Waals surface area contributed by atoms with Gasteiger partial charge in [-0.15, -0.1) is 24.0 Å². The Balaban J connectivity index is 0.00000420. The molecule has 0 saturated heterocycles. The van der Waals surface area contributed by atoms with Crippen LogP contribution in [0.1, 0.15) is 49.9 Å². The number of guanidine groups is 1. The van der Waals surface area contributed by atoms with Crippen LogP contribution in [0, 0.1) is 0 Å². The average molecular weight is 513 g/mol. The molecule has 1 aromatic heterocycles. The second-order valence-corrected chi connectivity index (χ2v) is 7.44. The SMILES string of the molecule is CCCOc1cccc(CCNC(=NC)N(C)Cc2cn(C)nc2C(C)C)c1.I. The lowest BCUT2D eigenvalue weighted by Gasteiger charge is -2.22. The van der Waals surface area contributed by atoms with Crippen LogP contribution in [-0.4, -0.2) is 47.9 Å². The van der Waals surface area contributed by atoms with Crippen molar-refractivity contribution in [3.05, 3.63) is 47.3 Å². The van der Waals surface area contributed by atoms with Crippen molar-refractivity contribution in [2.45, 2.75) is 46.1 Å². The molecule has 6 nitrogen and oxygen atoms in total. The Kier molecular flexibility index (Phi) is 11.1. The van der Waals surface area contributed by atoms with Gasteiger partial charge >= 0.3 is 0 Å². The molecule has 0 saturated carbocycles. The molecule has 2 aromatic rings. The number of hydrogen-bond donors (Lipinski definition) is 1. The van der Waals surface area contributed by atoms with E-state index in [1.165, 1.54) is 11.1 Å². The Morgan fingerprint density at radius 1 is 1.34 bits per heavy atom. The van der Waals surface area contributed by atoms with Crippen LogP contribution in [0.25, 0.3) is 0 Å². The Morgan fingerprint density at radius 2 is 2.10 bits per heavy atom. The molecule has 2 rings (SSSR count). The molecule has 0 bridgehead atoms. The van der Waals surface area contributed by atoms with Crippen molar-refractivity contribution in [1.82, 2.24) is 20.0 Å². The molecule has 29 heavy (non-hydrogen) atoms. The Labute approximate surface area is 192 Å². The van der Waals surface area contributed by atoms with Crippen LogP contribution in [0.15, 0.2) is 35.5 Å². The standard InChI is InChI=1S/C22H35N5O.HI/c1-7-13-28-20-10-8-9-18(14-20)11-12-24-22(23-4)26(5)15-19-16-27(6)25-21(19)17(2)3;/h8-10,14,16-17H,7,11-13,15H2,1-6H3,(H,23,24);1H. The second kappa shape index (κ2) is 12.7. The zero-order valence-corrected chi connectivity index (χ0v) is 20.9. The number of aliphatic imine (C=N–C) groups is 1. The first-order valence-electron chi connectivity index (χ1n) is 10.1. The smallest absolute Gasteiger partial charge is 0.193 e. The first kappa shape index (κ1) is 25.3. The second-order valence-electron chi connectivity index (χ2n) is 7.44. The van der Waals surface area contributed by atoms with E-state index in [4.69, 9.17) is 4.74 Å². The number of benzene rings is 1. The summed E-state index contributed by atoms with van der Waals surface area (Å²) in [5.74, 6) is 2.23. The van der Waals surface area contributed by atoms with E-state index in [1.54, 1.807) is 0 Å². The summed E-state index contributed by atoms with van der Waals surface area (Å²) in [5, 5.41) is 8.06. The van der Waals surface area contributed by atoms with Gasteiger partial charge in [-0.05, 0) is 36.5 Å². The highest BCUT2D eigenvalue weighted by atomic mass is 127.